The molecule has 126 valence electrons. The molecule has 4 aliphatic rings. The Labute approximate surface area is 140 Å². The number of hydrogen-bond donors (Lipinski definition) is 1. The van der Waals surface area contributed by atoms with Gasteiger partial charge in [-0.2, -0.15) is 0 Å². The quantitative estimate of drug-likeness (QED) is 0.836. The number of methoxy groups -OCH3 is 1. The second-order valence-electron chi connectivity index (χ2n) is 7.62. The predicted octanol–water partition coefficient (Wildman–Crippen LogP) is 1.07. The maximum Gasteiger partial charge on any atom is 0.197 e. The van der Waals surface area contributed by atoms with E-state index in [1.165, 1.54) is 6.08 Å². The van der Waals surface area contributed by atoms with Crippen LogP contribution in [-0.2, 0) is 16.6 Å². The molecule has 1 saturated heterocycles. The second-order valence-corrected chi connectivity index (χ2v) is 7.62. The van der Waals surface area contributed by atoms with Crippen molar-refractivity contribution in [2.24, 2.45) is 5.92 Å². The van der Waals surface area contributed by atoms with E-state index in [-0.39, 0.29) is 17.7 Å². The third-order valence-electron chi connectivity index (χ3n) is 6.71. The molecule has 5 rings (SSSR count). The van der Waals surface area contributed by atoms with E-state index >= 15 is 0 Å². The first kappa shape index (κ1) is 14.5. The molecule has 5 heteroatoms. The number of carbonyl (C=O) groups is 1. The summed E-state index contributed by atoms with van der Waals surface area (Å²) >= 11 is 0. The molecule has 2 aliphatic carbocycles. The number of ether oxygens (including phenoxy) is 2. The lowest BCUT2D eigenvalue weighted by Crippen LogP contribution is -2.77. The van der Waals surface area contributed by atoms with Crippen LogP contribution in [0.5, 0.6) is 11.5 Å². The highest BCUT2D eigenvalue weighted by molar-refractivity contribution is 5.99. The van der Waals surface area contributed by atoms with Crippen LogP contribution in [0.2, 0.25) is 0 Å². The first-order chi connectivity index (χ1) is 11.4. The van der Waals surface area contributed by atoms with Gasteiger partial charge in [0.2, 0.25) is 0 Å². The average Bonchev–Trinajstić information content (AvgIpc) is 2.93. The Morgan fingerprint density at radius 2 is 2.21 bits per heavy atom. The number of ketones is 1. The zero-order valence-electron chi connectivity index (χ0n) is 14.1. The molecule has 5 atom stereocenters. The second kappa shape index (κ2) is 4.21. The molecule has 0 amide bonds. The van der Waals surface area contributed by atoms with E-state index in [1.54, 1.807) is 13.2 Å². The van der Waals surface area contributed by atoms with E-state index in [0.29, 0.717) is 11.5 Å². The molecule has 2 heterocycles. The van der Waals surface area contributed by atoms with E-state index in [9.17, 15) is 9.90 Å². The van der Waals surface area contributed by atoms with Crippen LogP contribution in [0.25, 0.3) is 0 Å². The summed E-state index contributed by atoms with van der Waals surface area (Å²) in [6, 6.07) is 3.91. The Bertz CT molecular complexity index is 803. The molecule has 5 nitrogen and oxygen atoms in total. The molecule has 0 saturated carbocycles. The minimum absolute atomic E-state index is 0.0593. The molecule has 0 radical (unpaired) electrons. The monoisotopic (exact) mass is 327 g/mol. The third kappa shape index (κ3) is 1.27. The number of benzene rings is 1. The van der Waals surface area contributed by atoms with Crippen molar-refractivity contribution in [2.75, 3.05) is 20.7 Å². The zero-order valence-corrected chi connectivity index (χ0v) is 14.1. The summed E-state index contributed by atoms with van der Waals surface area (Å²) in [4.78, 5) is 14.9. The topological polar surface area (TPSA) is 59.0 Å². The van der Waals surface area contributed by atoms with Crippen molar-refractivity contribution in [1.29, 1.82) is 0 Å². The Morgan fingerprint density at radius 1 is 1.42 bits per heavy atom. The van der Waals surface area contributed by atoms with Crippen LogP contribution in [0.15, 0.2) is 24.3 Å². The maximum atomic E-state index is 12.7. The van der Waals surface area contributed by atoms with Crippen molar-refractivity contribution in [2.45, 2.75) is 36.5 Å². The van der Waals surface area contributed by atoms with Gasteiger partial charge in [0.05, 0.1) is 12.5 Å². The number of rotatable bonds is 1. The smallest absolute Gasteiger partial charge is 0.197 e. The standard InChI is InChI=1S/C19H21NO4/c1-10-9-20(2)14-8-11-4-5-13(23-3)16-15(11)19(10)17(24-16)12(21)6-7-18(14,19)22/h4-7,10,14,17,22H,8-9H2,1-3H3/t10-,14+,17?,18?,19-/m0/s1. The summed E-state index contributed by atoms with van der Waals surface area (Å²) in [5, 5.41) is 11.8. The van der Waals surface area contributed by atoms with Gasteiger partial charge in [0.15, 0.2) is 23.4 Å². The van der Waals surface area contributed by atoms with Gasteiger partial charge in [-0.1, -0.05) is 13.0 Å². The van der Waals surface area contributed by atoms with Crippen LogP contribution >= 0.6 is 0 Å². The van der Waals surface area contributed by atoms with Crippen molar-refractivity contribution in [1.82, 2.24) is 4.90 Å². The van der Waals surface area contributed by atoms with E-state index < -0.39 is 17.1 Å². The summed E-state index contributed by atoms with van der Waals surface area (Å²) in [6.45, 7) is 2.94. The highest BCUT2D eigenvalue weighted by atomic mass is 16.5. The lowest BCUT2D eigenvalue weighted by atomic mass is 9.47. The molecule has 1 spiro atoms. The normalized spacial score (nSPS) is 41.8. The molecule has 2 bridgehead atoms. The molecule has 24 heavy (non-hydrogen) atoms. The molecule has 1 aromatic rings. The predicted molar refractivity (Wildman–Crippen MR) is 87.5 cm³/mol. The van der Waals surface area contributed by atoms with Crippen LogP contribution < -0.4 is 9.47 Å². The van der Waals surface area contributed by atoms with Crippen molar-refractivity contribution in [3.05, 3.63) is 35.4 Å². The van der Waals surface area contributed by atoms with E-state index in [1.807, 2.05) is 6.07 Å². The van der Waals surface area contributed by atoms with Crippen molar-refractivity contribution in [3.8, 4) is 11.5 Å². The van der Waals surface area contributed by atoms with E-state index in [4.69, 9.17) is 9.47 Å². The molecular weight excluding hydrogens is 306 g/mol. The first-order valence-corrected chi connectivity index (χ1v) is 8.48. The fourth-order valence-corrected chi connectivity index (χ4v) is 5.82. The minimum atomic E-state index is -1.11. The number of nitrogens with zero attached hydrogens (tertiary/aromatic N) is 1. The summed E-state index contributed by atoms with van der Waals surface area (Å²) in [5.41, 5.74) is 0.309. The summed E-state index contributed by atoms with van der Waals surface area (Å²) in [7, 11) is 3.66. The van der Waals surface area contributed by atoms with E-state index in [0.717, 1.165) is 24.1 Å². The van der Waals surface area contributed by atoms with Gasteiger partial charge in [0.1, 0.15) is 5.60 Å². The van der Waals surface area contributed by atoms with Crippen LogP contribution in [0.4, 0.5) is 0 Å². The van der Waals surface area contributed by atoms with Crippen LogP contribution in [0, 0.1) is 5.92 Å². The largest absolute Gasteiger partial charge is 0.493 e. The molecule has 1 aromatic carbocycles. The molecule has 2 unspecified atom stereocenters. The Morgan fingerprint density at radius 3 is 2.96 bits per heavy atom. The highest BCUT2D eigenvalue weighted by Crippen LogP contribution is 2.65. The van der Waals surface area contributed by atoms with E-state index in [2.05, 4.69) is 24.9 Å². The van der Waals surface area contributed by atoms with Crippen molar-refractivity contribution < 1.29 is 19.4 Å². The van der Waals surface area contributed by atoms with Gasteiger partial charge in [0.25, 0.3) is 0 Å². The lowest BCUT2D eigenvalue weighted by molar-refractivity contribution is -0.166. The van der Waals surface area contributed by atoms with Crippen LogP contribution in [0.3, 0.4) is 0 Å². The Balaban J connectivity index is 1.92. The average molecular weight is 327 g/mol. The number of carbonyl (C=O) groups excluding carboxylic acids is 1. The summed E-state index contributed by atoms with van der Waals surface area (Å²) in [5.74, 6) is 1.29. The fraction of sp³-hybridized carbons (Fsp3) is 0.526. The SMILES string of the molecule is COc1ccc2c3c1OC1C(=O)C=CC4(O)[C@@H](C2)N(C)C[C@H](C)[C@]314. The Hall–Kier alpha value is -1.85. The minimum Gasteiger partial charge on any atom is -0.493 e. The molecule has 2 aliphatic heterocycles. The maximum absolute atomic E-state index is 12.7. The first-order valence-electron chi connectivity index (χ1n) is 8.48. The molecule has 1 N–H and O–H groups in total. The zero-order chi connectivity index (χ0) is 16.9. The molecular formula is C19H21NO4. The van der Waals surface area contributed by atoms with Gasteiger partial charge in [-0.15, -0.1) is 0 Å². The van der Waals surface area contributed by atoms with Crippen molar-refractivity contribution in [3.63, 3.8) is 0 Å². The summed E-state index contributed by atoms with van der Waals surface area (Å²) < 4.78 is 11.7. The summed E-state index contributed by atoms with van der Waals surface area (Å²) in [6.07, 6.45) is 3.29. The van der Waals surface area contributed by atoms with Gasteiger partial charge < -0.3 is 14.6 Å². The number of aliphatic hydroxyl groups is 1. The van der Waals surface area contributed by atoms with Gasteiger partial charge in [-0.05, 0) is 43.2 Å². The van der Waals surface area contributed by atoms with Gasteiger partial charge >= 0.3 is 0 Å². The van der Waals surface area contributed by atoms with Gasteiger partial charge in [-0.3, -0.25) is 9.69 Å². The third-order valence-corrected chi connectivity index (χ3v) is 6.71. The van der Waals surface area contributed by atoms with Gasteiger partial charge in [-0.25, -0.2) is 0 Å². The molecule has 0 aromatic heterocycles. The van der Waals surface area contributed by atoms with Gasteiger partial charge in [0, 0.05) is 18.2 Å². The number of likely N-dealkylation sites (tertiary alicyclic amines) is 1. The number of likely N-dealkylation sites (N-methyl/N-ethyl adjacent to an activating group) is 1. The fourth-order valence-electron chi connectivity index (χ4n) is 5.82. The van der Waals surface area contributed by atoms with Crippen molar-refractivity contribution >= 4 is 5.78 Å². The Kier molecular flexibility index (Phi) is 2.54. The highest BCUT2D eigenvalue weighted by Gasteiger charge is 2.74. The molecule has 1 fully saturated rings. The van der Waals surface area contributed by atoms with Crippen LogP contribution in [-0.4, -0.2) is 54.2 Å². The number of piperidine rings is 1. The lowest BCUT2D eigenvalue weighted by Gasteiger charge is -2.62. The number of hydrogen-bond acceptors (Lipinski definition) is 5. The van der Waals surface area contributed by atoms with Crippen LogP contribution in [0.1, 0.15) is 18.1 Å².